The van der Waals surface area contributed by atoms with Gasteiger partial charge in [-0.05, 0) is 48.5 Å². The summed E-state index contributed by atoms with van der Waals surface area (Å²) in [7, 11) is 2.75. The van der Waals surface area contributed by atoms with E-state index >= 15 is 0 Å². The first-order chi connectivity index (χ1) is 14.2. The lowest BCUT2D eigenvalue weighted by Crippen LogP contribution is -2.61. The summed E-state index contributed by atoms with van der Waals surface area (Å²) in [5, 5.41) is 29.0. The molecule has 158 valence electrons. The van der Waals surface area contributed by atoms with Gasteiger partial charge in [0.2, 0.25) is 11.9 Å². The van der Waals surface area contributed by atoms with E-state index in [0.29, 0.717) is 11.5 Å². The van der Waals surface area contributed by atoms with Gasteiger partial charge in [0.25, 0.3) is 0 Å². The SMILES string of the molecule is COc1ccc(C(=O)O[C@@](C(=O)O)(C(=O)c2ccc(OC)cc2)C(O)C(=O)O)cc1. The molecule has 3 N–H and O–H groups in total. The van der Waals surface area contributed by atoms with E-state index in [4.69, 9.17) is 14.2 Å². The summed E-state index contributed by atoms with van der Waals surface area (Å²) in [5.41, 5.74) is -3.94. The van der Waals surface area contributed by atoms with Crippen LogP contribution in [0, 0.1) is 0 Å². The molecule has 0 bridgehead atoms. The van der Waals surface area contributed by atoms with Crippen molar-refractivity contribution < 1.29 is 48.7 Å². The van der Waals surface area contributed by atoms with Crippen LogP contribution >= 0.6 is 0 Å². The molecule has 10 nitrogen and oxygen atoms in total. The largest absolute Gasteiger partial charge is 0.497 e. The highest BCUT2D eigenvalue weighted by atomic mass is 16.6. The number of hydrogen-bond donors (Lipinski definition) is 3. The second-order valence-electron chi connectivity index (χ2n) is 5.96. The predicted octanol–water partition coefficient (Wildman–Crippen LogP) is 1.01. The molecule has 0 aliphatic carbocycles. The van der Waals surface area contributed by atoms with Crippen molar-refractivity contribution in [3.8, 4) is 11.5 Å². The highest BCUT2D eigenvalue weighted by molar-refractivity contribution is 6.19. The molecule has 0 aliphatic heterocycles. The van der Waals surface area contributed by atoms with E-state index in [1.807, 2.05) is 0 Å². The van der Waals surface area contributed by atoms with Crippen molar-refractivity contribution in [2.24, 2.45) is 0 Å². The molecule has 0 saturated heterocycles. The Labute approximate surface area is 170 Å². The number of ether oxygens (including phenoxy) is 3. The maximum absolute atomic E-state index is 13.0. The van der Waals surface area contributed by atoms with Crippen molar-refractivity contribution in [2.45, 2.75) is 11.7 Å². The number of carboxylic acid groups (broad SMARTS) is 2. The van der Waals surface area contributed by atoms with Gasteiger partial charge in [-0.1, -0.05) is 0 Å². The molecule has 0 spiro atoms. The fourth-order valence-corrected chi connectivity index (χ4v) is 2.55. The van der Waals surface area contributed by atoms with E-state index in [1.54, 1.807) is 0 Å². The number of hydrogen-bond acceptors (Lipinski definition) is 8. The maximum atomic E-state index is 13.0. The van der Waals surface area contributed by atoms with Crippen LogP contribution in [0.1, 0.15) is 20.7 Å². The molecule has 2 rings (SSSR count). The first kappa shape index (κ1) is 22.4. The number of carbonyl (C=O) groups is 4. The summed E-state index contributed by atoms with van der Waals surface area (Å²) in [6.45, 7) is 0. The van der Waals surface area contributed by atoms with Gasteiger partial charge in [0, 0.05) is 5.56 Å². The molecular formula is C20H18O10. The number of Topliss-reactive ketones (excluding diaryl/α,β-unsaturated/α-hetero) is 1. The van der Waals surface area contributed by atoms with E-state index in [2.05, 4.69) is 0 Å². The lowest BCUT2D eigenvalue weighted by molar-refractivity contribution is -0.176. The molecule has 0 amide bonds. The molecule has 0 aromatic heterocycles. The third-order valence-corrected chi connectivity index (χ3v) is 4.21. The summed E-state index contributed by atoms with van der Waals surface area (Å²) >= 11 is 0. The van der Waals surface area contributed by atoms with Gasteiger partial charge in [0.15, 0.2) is 0 Å². The van der Waals surface area contributed by atoms with Crippen molar-refractivity contribution in [1.82, 2.24) is 0 Å². The average molecular weight is 418 g/mol. The normalized spacial score (nSPS) is 13.4. The quantitative estimate of drug-likeness (QED) is 0.305. The van der Waals surface area contributed by atoms with Crippen LogP contribution < -0.4 is 9.47 Å². The lowest BCUT2D eigenvalue weighted by atomic mass is 9.86. The molecule has 2 aromatic rings. The van der Waals surface area contributed by atoms with Crippen LogP contribution in [0.4, 0.5) is 0 Å². The van der Waals surface area contributed by atoms with Gasteiger partial charge in [-0.25, -0.2) is 14.4 Å². The van der Waals surface area contributed by atoms with Crippen molar-refractivity contribution in [2.75, 3.05) is 14.2 Å². The third-order valence-electron chi connectivity index (χ3n) is 4.21. The number of benzene rings is 2. The molecule has 0 fully saturated rings. The average Bonchev–Trinajstić information content (AvgIpc) is 2.76. The fourth-order valence-electron chi connectivity index (χ4n) is 2.55. The van der Waals surface area contributed by atoms with Crippen LogP contribution in [-0.4, -0.2) is 64.9 Å². The molecule has 2 atom stereocenters. The zero-order valence-electron chi connectivity index (χ0n) is 15.9. The van der Waals surface area contributed by atoms with Gasteiger partial charge in [0.05, 0.1) is 19.8 Å². The Bertz CT molecular complexity index is 949. The van der Waals surface area contributed by atoms with Crippen molar-refractivity contribution in [1.29, 1.82) is 0 Å². The van der Waals surface area contributed by atoms with Crippen LogP contribution in [0.3, 0.4) is 0 Å². The Balaban J connectivity index is 2.53. The minimum absolute atomic E-state index is 0.193. The molecular weight excluding hydrogens is 400 g/mol. The van der Waals surface area contributed by atoms with Crippen LogP contribution in [0.15, 0.2) is 48.5 Å². The molecule has 1 unspecified atom stereocenters. The van der Waals surface area contributed by atoms with Crippen LogP contribution in [0.25, 0.3) is 0 Å². The van der Waals surface area contributed by atoms with Crippen LogP contribution in [-0.2, 0) is 14.3 Å². The summed E-state index contributed by atoms with van der Waals surface area (Å²) in [5.74, 6) is -6.27. The number of carboxylic acids is 2. The molecule has 30 heavy (non-hydrogen) atoms. The first-order valence-corrected chi connectivity index (χ1v) is 8.37. The third kappa shape index (κ3) is 4.23. The van der Waals surface area contributed by atoms with Crippen molar-refractivity contribution in [3.63, 3.8) is 0 Å². The number of esters is 1. The number of aliphatic hydroxyl groups is 1. The minimum Gasteiger partial charge on any atom is -0.497 e. The lowest BCUT2D eigenvalue weighted by Gasteiger charge is -2.30. The van der Waals surface area contributed by atoms with Gasteiger partial charge in [-0.3, -0.25) is 4.79 Å². The first-order valence-electron chi connectivity index (χ1n) is 8.37. The topological polar surface area (TPSA) is 157 Å². The second kappa shape index (κ2) is 9.05. The standard InChI is InChI=1S/C20H18O10/c1-28-13-7-3-11(4-8-13)15(21)20(19(26)27,16(22)17(23)24)30-18(25)12-5-9-14(29-2)10-6-12/h3-10,16,22H,1-2H3,(H,23,24)(H,26,27)/t16?,20-/m0/s1. The Kier molecular flexibility index (Phi) is 6.75. The number of aliphatic hydroxyl groups excluding tert-OH is 1. The van der Waals surface area contributed by atoms with Gasteiger partial charge in [-0.15, -0.1) is 0 Å². The molecule has 10 heteroatoms. The smallest absolute Gasteiger partial charge is 0.360 e. The van der Waals surface area contributed by atoms with Gasteiger partial charge >= 0.3 is 23.5 Å². The highest BCUT2D eigenvalue weighted by Crippen LogP contribution is 2.27. The van der Waals surface area contributed by atoms with Gasteiger partial charge in [-0.2, -0.15) is 0 Å². The Morgan fingerprint density at radius 2 is 1.23 bits per heavy atom. The van der Waals surface area contributed by atoms with Crippen LogP contribution in [0.2, 0.25) is 0 Å². The molecule has 0 aliphatic rings. The maximum Gasteiger partial charge on any atom is 0.360 e. The number of rotatable bonds is 9. The number of aliphatic carboxylic acids is 2. The van der Waals surface area contributed by atoms with Crippen molar-refractivity contribution in [3.05, 3.63) is 59.7 Å². The van der Waals surface area contributed by atoms with E-state index in [0.717, 1.165) is 12.1 Å². The zero-order valence-corrected chi connectivity index (χ0v) is 15.9. The fraction of sp³-hybridized carbons (Fsp3) is 0.200. The van der Waals surface area contributed by atoms with E-state index < -0.39 is 35.4 Å². The number of methoxy groups -OCH3 is 2. The van der Waals surface area contributed by atoms with E-state index in [-0.39, 0.29) is 11.1 Å². The molecule has 0 saturated carbocycles. The Morgan fingerprint density at radius 3 is 1.60 bits per heavy atom. The minimum atomic E-state index is -3.43. The summed E-state index contributed by atoms with van der Waals surface area (Å²) in [6, 6.07) is 10.1. The molecule has 2 aromatic carbocycles. The van der Waals surface area contributed by atoms with Gasteiger partial charge < -0.3 is 29.5 Å². The summed E-state index contributed by atoms with van der Waals surface area (Å²) < 4.78 is 14.8. The number of ketones is 1. The van der Waals surface area contributed by atoms with E-state index in [1.165, 1.54) is 50.6 Å². The van der Waals surface area contributed by atoms with Crippen molar-refractivity contribution >= 4 is 23.7 Å². The zero-order chi connectivity index (χ0) is 22.5. The van der Waals surface area contributed by atoms with E-state index in [9.17, 15) is 34.5 Å². The molecule has 0 heterocycles. The predicted molar refractivity (Wildman–Crippen MR) is 99.7 cm³/mol. The Hall–Kier alpha value is -3.92. The monoisotopic (exact) mass is 418 g/mol. The van der Waals surface area contributed by atoms with Crippen LogP contribution in [0.5, 0.6) is 11.5 Å². The summed E-state index contributed by atoms with van der Waals surface area (Å²) in [6.07, 6.45) is -2.88. The highest BCUT2D eigenvalue weighted by Gasteiger charge is 2.59. The second-order valence-corrected chi connectivity index (χ2v) is 5.96. The Morgan fingerprint density at radius 1 is 0.800 bits per heavy atom. The number of carbonyl (C=O) groups excluding carboxylic acids is 2. The summed E-state index contributed by atoms with van der Waals surface area (Å²) in [4.78, 5) is 48.9. The molecule has 0 radical (unpaired) electrons. The van der Waals surface area contributed by atoms with Gasteiger partial charge in [0.1, 0.15) is 11.5 Å².